The number of carbonyl (C=O) groups excluding carboxylic acids is 1. The highest BCUT2D eigenvalue weighted by atomic mass is 19.1. The van der Waals surface area contributed by atoms with E-state index in [0.717, 1.165) is 6.07 Å². The molecule has 3 N–H and O–H groups in total. The fraction of sp³-hybridized carbons (Fsp3) is 0.100. The van der Waals surface area contributed by atoms with E-state index in [1.54, 1.807) is 6.92 Å². The summed E-state index contributed by atoms with van der Waals surface area (Å²) in [7, 11) is 0. The normalized spacial score (nSPS) is 10.2. The number of aromatic nitrogens is 2. The van der Waals surface area contributed by atoms with Crippen molar-refractivity contribution >= 4 is 17.6 Å². The van der Waals surface area contributed by atoms with Crippen LogP contribution in [0.4, 0.5) is 16.1 Å². The second-order valence-corrected chi connectivity index (χ2v) is 3.31. The van der Waals surface area contributed by atoms with Crippen LogP contribution >= 0.6 is 0 Å². The maximum Gasteiger partial charge on any atom is 0.322 e. The molecule has 0 saturated carbocycles. The van der Waals surface area contributed by atoms with Gasteiger partial charge in [0.25, 0.3) is 5.91 Å². The van der Waals surface area contributed by atoms with Crippen molar-refractivity contribution in [2.45, 2.75) is 6.92 Å². The predicted octanol–water partition coefficient (Wildman–Crippen LogP) is 1.35. The molecule has 0 atom stereocenters. The minimum absolute atomic E-state index is 0.0147. The molecule has 1 amide bonds. The van der Waals surface area contributed by atoms with Gasteiger partial charge in [0, 0.05) is 12.6 Å². The number of benzene rings is 1. The number of aryl methyl sites for hydroxylation is 1. The second kappa shape index (κ2) is 4.20. The van der Waals surface area contributed by atoms with Crippen molar-refractivity contribution in [1.29, 1.82) is 0 Å². The van der Waals surface area contributed by atoms with E-state index in [1.165, 1.54) is 12.1 Å². The Labute approximate surface area is 95.6 Å². The third kappa shape index (κ3) is 2.39. The zero-order valence-electron chi connectivity index (χ0n) is 8.90. The largest absolute Gasteiger partial charge is 0.408 e. The van der Waals surface area contributed by atoms with Crippen LogP contribution in [-0.4, -0.2) is 16.1 Å². The summed E-state index contributed by atoms with van der Waals surface area (Å²) in [6.07, 6.45) is 0. The Morgan fingerprint density at radius 2 is 2.24 bits per heavy atom. The van der Waals surface area contributed by atoms with Crippen molar-refractivity contribution in [3.63, 3.8) is 0 Å². The van der Waals surface area contributed by atoms with Gasteiger partial charge in [0.05, 0.1) is 5.56 Å². The molecule has 6 nitrogen and oxygen atoms in total. The first-order valence-corrected chi connectivity index (χ1v) is 4.73. The lowest BCUT2D eigenvalue weighted by Gasteiger charge is -2.04. The van der Waals surface area contributed by atoms with E-state index in [4.69, 9.17) is 10.2 Å². The summed E-state index contributed by atoms with van der Waals surface area (Å²) in [5, 5.41) is 9.44. The van der Waals surface area contributed by atoms with E-state index < -0.39 is 11.7 Å². The highest BCUT2D eigenvalue weighted by Crippen LogP contribution is 2.15. The molecule has 0 bridgehead atoms. The van der Waals surface area contributed by atoms with E-state index in [2.05, 4.69) is 15.5 Å². The molecule has 2 aromatic rings. The molecular weight excluding hydrogens is 227 g/mol. The zero-order chi connectivity index (χ0) is 12.4. The van der Waals surface area contributed by atoms with Crippen LogP contribution in [0.3, 0.4) is 0 Å². The van der Waals surface area contributed by atoms with Gasteiger partial charge in [-0.1, -0.05) is 5.10 Å². The number of anilines is 2. The lowest BCUT2D eigenvalue weighted by molar-refractivity contribution is 0.102. The first-order valence-electron chi connectivity index (χ1n) is 4.73. The Bertz CT molecular complexity index is 567. The van der Waals surface area contributed by atoms with Crippen LogP contribution in [0.5, 0.6) is 0 Å². The highest BCUT2D eigenvalue weighted by Gasteiger charge is 2.13. The van der Waals surface area contributed by atoms with Gasteiger partial charge in [0.15, 0.2) is 0 Å². The number of carbonyl (C=O) groups is 1. The lowest BCUT2D eigenvalue weighted by atomic mass is 10.1. The molecule has 0 saturated heterocycles. The monoisotopic (exact) mass is 236 g/mol. The van der Waals surface area contributed by atoms with Gasteiger partial charge in [-0.2, -0.15) is 0 Å². The van der Waals surface area contributed by atoms with Gasteiger partial charge in [0.2, 0.25) is 5.89 Å². The van der Waals surface area contributed by atoms with E-state index in [9.17, 15) is 9.18 Å². The highest BCUT2D eigenvalue weighted by molar-refractivity contribution is 6.06. The van der Waals surface area contributed by atoms with E-state index >= 15 is 0 Å². The van der Waals surface area contributed by atoms with Gasteiger partial charge in [0.1, 0.15) is 5.82 Å². The van der Waals surface area contributed by atoms with Crippen LogP contribution in [0.25, 0.3) is 0 Å². The van der Waals surface area contributed by atoms with Crippen molar-refractivity contribution in [3.05, 3.63) is 35.5 Å². The summed E-state index contributed by atoms with van der Waals surface area (Å²) in [6, 6.07) is 3.45. The van der Waals surface area contributed by atoms with Crippen LogP contribution in [0.2, 0.25) is 0 Å². The quantitative estimate of drug-likeness (QED) is 0.767. The topological polar surface area (TPSA) is 94.0 Å². The van der Waals surface area contributed by atoms with Gasteiger partial charge in [-0.25, -0.2) is 4.39 Å². The second-order valence-electron chi connectivity index (χ2n) is 3.31. The summed E-state index contributed by atoms with van der Waals surface area (Å²) in [5.41, 5.74) is 5.74. The number of amides is 1. The SMILES string of the molecule is Cc1nnc(NC(=O)c2cc(F)ccc2N)o1. The molecule has 1 aromatic carbocycles. The van der Waals surface area contributed by atoms with E-state index in [1.807, 2.05) is 0 Å². The molecule has 7 heteroatoms. The molecule has 0 spiro atoms. The van der Waals surface area contributed by atoms with Crippen molar-refractivity contribution < 1.29 is 13.6 Å². The van der Waals surface area contributed by atoms with E-state index in [0.29, 0.717) is 5.89 Å². The van der Waals surface area contributed by atoms with Crippen LogP contribution in [0, 0.1) is 12.7 Å². The summed E-state index contributed by atoms with van der Waals surface area (Å²) >= 11 is 0. The van der Waals surface area contributed by atoms with Gasteiger partial charge >= 0.3 is 6.01 Å². The fourth-order valence-corrected chi connectivity index (χ4v) is 1.24. The molecule has 88 valence electrons. The van der Waals surface area contributed by atoms with Crippen molar-refractivity contribution in [2.75, 3.05) is 11.1 Å². The Hall–Kier alpha value is -2.44. The molecule has 0 unspecified atom stereocenters. The standard InChI is InChI=1S/C10H9FN4O2/c1-5-14-15-10(17-5)13-9(16)7-4-6(11)2-3-8(7)12/h2-4H,12H2,1H3,(H,13,15,16). The number of hydrogen-bond donors (Lipinski definition) is 2. The molecule has 2 rings (SSSR count). The molecule has 0 fully saturated rings. The zero-order valence-corrected chi connectivity index (χ0v) is 8.90. The fourth-order valence-electron chi connectivity index (χ4n) is 1.24. The van der Waals surface area contributed by atoms with Crippen LogP contribution in [0.1, 0.15) is 16.2 Å². The molecule has 1 heterocycles. The number of halogens is 1. The average Bonchev–Trinajstić information content (AvgIpc) is 2.67. The minimum Gasteiger partial charge on any atom is -0.408 e. The lowest BCUT2D eigenvalue weighted by Crippen LogP contribution is -2.14. The first kappa shape index (κ1) is 11.1. The van der Waals surface area contributed by atoms with Gasteiger partial charge in [-0.05, 0) is 18.2 Å². The third-order valence-corrected chi connectivity index (χ3v) is 2.01. The minimum atomic E-state index is -0.606. The Morgan fingerprint density at radius 1 is 1.47 bits per heavy atom. The third-order valence-electron chi connectivity index (χ3n) is 2.01. The number of nitrogens with zero attached hydrogens (tertiary/aromatic N) is 2. The van der Waals surface area contributed by atoms with Crippen LogP contribution in [0.15, 0.2) is 22.6 Å². The first-order chi connectivity index (χ1) is 8.06. The maximum atomic E-state index is 13.0. The van der Waals surface area contributed by atoms with Gasteiger partial charge in [-0.3, -0.25) is 10.1 Å². The van der Waals surface area contributed by atoms with Crippen molar-refractivity contribution in [1.82, 2.24) is 10.2 Å². The maximum absolute atomic E-state index is 13.0. The molecule has 0 aliphatic rings. The molecule has 1 aromatic heterocycles. The molecule has 17 heavy (non-hydrogen) atoms. The predicted molar refractivity (Wildman–Crippen MR) is 57.8 cm³/mol. The van der Waals surface area contributed by atoms with Crippen LogP contribution in [-0.2, 0) is 0 Å². The molecular formula is C10H9FN4O2. The van der Waals surface area contributed by atoms with Crippen molar-refractivity contribution in [2.24, 2.45) is 0 Å². The Balaban J connectivity index is 2.22. The van der Waals surface area contributed by atoms with Crippen LogP contribution < -0.4 is 11.1 Å². The number of nitrogens with one attached hydrogen (secondary N) is 1. The number of nitrogens with two attached hydrogens (primary N) is 1. The summed E-state index contributed by atoms with van der Waals surface area (Å²) < 4.78 is 17.9. The number of rotatable bonds is 2. The summed E-state index contributed by atoms with van der Waals surface area (Å²) in [5.74, 6) is -0.843. The number of hydrogen-bond acceptors (Lipinski definition) is 5. The molecule has 0 aliphatic carbocycles. The Kier molecular flexibility index (Phi) is 2.73. The molecule has 0 radical (unpaired) electrons. The van der Waals surface area contributed by atoms with E-state index in [-0.39, 0.29) is 17.3 Å². The van der Waals surface area contributed by atoms with Gasteiger partial charge in [-0.15, -0.1) is 5.10 Å². The average molecular weight is 236 g/mol. The van der Waals surface area contributed by atoms with Crippen molar-refractivity contribution in [3.8, 4) is 0 Å². The van der Waals surface area contributed by atoms with Gasteiger partial charge < -0.3 is 10.2 Å². The summed E-state index contributed by atoms with van der Waals surface area (Å²) in [6.45, 7) is 1.58. The number of nitrogen functional groups attached to an aromatic ring is 1. The Morgan fingerprint density at radius 3 is 2.88 bits per heavy atom. The summed E-state index contributed by atoms with van der Waals surface area (Å²) in [4.78, 5) is 11.7. The molecule has 0 aliphatic heterocycles. The smallest absolute Gasteiger partial charge is 0.322 e.